The number of carbonyl (C=O) groups excluding carboxylic acids is 1. The molecule has 1 aromatic heterocycles. The van der Waals surface area contributed by atoms with Crippen LogP contribution in [0.5, 0.6) is 0 Å². The fourth-order valence-electron chi connectivity index (χ4n) is 3.82. The van der Waals surface area contributed by atoms with E-state index in [-0.39, 0.29) is 5.91 Å². The largest absolute Gasteiger partial charge is 0.353 e. The predicted molar refractivity (Wildman–Crippen MR) is 114 cm³/mol. The van der Waals surface area contributed by atoms with E-state index in [1.54, 1.807) is 6.92 Å². The predicted octanol–water partition coefficient (Wildman–Crippen LogP) is 3.55. The van der Waals surface area contributed by atoms with Crippen molar-refractivity contribution in [3.8, 4) is 0 Å². The zero-order valence-corrected chi connectivity index (χ0v) is 17.8. The van der Waals surface area contributed by atoms with Crippen molar-refractivity contribution in [2.24, 2.45) is 5.92 Å². The first-order valence-electron chi connectivity index (χ1n) is 10.3. The maximum Gasteiger partial charge on any atom is 0.219 e. The number of carbonyl (C=O) groups is 1. The molecule has 0 N–H and O–H groups in total. The van der Waals surface area contributed by atoms with Crippen LogP contribution in [0, 0.1) is 19.8 Å². The normalized spacial score (nSPS) is 14.6. The lowest BCUT2D eigenvalue weighted by Gasteiger charge is -2.36. The summed E-state index contributed by atoms with van der Waals surface area (Å²) in [7, 11) is 0. The van der Waals surface area contributed by atoms with Gasteiger partial charge in [-0.2, -0.15) is 0 Å². The van der Waals surface area contributed by atoms with Crippen LogP contribution in [0.2, 0.25) is 0 Å². The smallest absolute Gasteiger partial charge is 0.219 e. The summed E-state index contributed by atoms with van der Waals surface area (Å²) in [5.41, 5.74) is 4.82. The second-order valence-electron chi connectivity index (χ2n) is 8.28. The molecule has 5 nitrogen and oxygen atoms in total. The lowest BCUT2D eigenvalue weighted by molar-refractivity contribution is -0.129. The van der Waals surface area contributed by atoms with Crippen LogP contribution in [-0.4, -0.2) is 47.0 Å². The average Bonchev–Trinajstić information content (AvgIpc) is 2.63. The summed E-state index contributed by atoms with van der Waals surface area (Å²) >= 11 is 0. The summed E-state index contributed by atoms with van der Waals surface area (Å²) in [6, 6.07) is 8.64. The number of aromatic nitrogens is 2. The molecule has 1 aromatic carbocycles. The third-order valence-electron chi connectivity index (χ3n) is 5.32. The van der Waals surface area contributed by atoms with Gasteiger partial charge in [-0.3, -0.25) is 4.79 Å². The molecule has 1 aliphatic heterocycles. The van der Waals surface area contributed by atoms with Gasteiger partial charge in [0.1, 0.15) is 11.6 Å². The van der Waals surface area contributed by atoms with Gasteiger partial charge in [0, 0.05) is 57.2 Å². The Morgan fingerprint density at radius 3 is 2.43 bits per heavy atom. The van der Waals surface area contributed by atoms with E-state index < -0.39 is 0 Å². The molecule has 0 saturated carbocycles. The zero-order chi connectivity index (χ0) is 20.3. The minimum Gasteiger partial charge on any atom is -0.353 e. The van der Waals surface area contributed by atoms with Gasteiger partial charge < -0.3 is 9.80 Å². The van der Waals surface area contributed by atoms with Gasteiger partial charge in [-0.25, -0.2) is 9.97 Å². The SMILES string of the molecule is CC(=O)N1CCN(c2nc(CC(C)C)nc(C)c2Cc2cccc(C)c2)CC1. The van der Waals surface area contributed by atoms with E-state index in [0.717, 1.165) is 56.4 Å². The first-order valence-corrected chi connectivity index (χ1v) is 10.3. The molecule has 0 radical (unpaired) electrons. The number of hydrogen-bond donors (Lipinski definition) is 0. The van der Waals surface area contributed by atoms with Crippen molar-refractivity contribution in [3.63, 3.8) is 0 Å². The van der Waals surface area contributed by atoms with Gasteiger partial charge in [-0.05, 0) is 25.3 Å². The van der Waals surface area contributed by atoms with Crippen molar-refractivity contribution in [2.75, 3.05) is 31.1 Å². The molecule has 28 heavy (non-hydrogen) atoms. The summed E-state index contributed by atoms with van der Waals surface area (Å²) < 4.78 is 0. The molecular weight excluding hydrogens is 348 g/mol. The molecule has 2 aromatic rings. The Balaban J connectivity index is 1.94. The maximum atomic E-state index is 11.7. The maximum absolute atomic E-state index is 11.7. The molecule has 0 aliphatic carbocycles. The summed E-state index contributed by atoms with van der Waals surface area (Å²) in [5.74, 6) is 2.64. The van der Waals surface area contributed by atoms with Gasteiger partial charge in [0.05, 0.1) is 0 Å². The number of nitrogens with zero attached hydrogens (tertiary/aromatic N) is 4. The third-order valence-corrected chi connectivity index (χ3v) is 5.32. The zero-order valence-electron chi connectivity index (χ0n) is 17.8. The molecule has 1 saturated heterocycles. The van der Waals surface area contributed by atoms with E-state index in [1.807, 2.05) is 4.90 Å². The van der Waals surface area contributed by atoms with Crippen LogP contribution in [0.1, 0.15) is 49.0 Å². The van der Waals surface area contributed by atoms with E-state index in [1.165, 1.54) is 16.7 Å². The monoisotopic (exact) mass is 380 g/mol. The van der Waals surface area contributed by atoms with Crippen LogP contribution < -0.4 is 4.90 Å². The molecule has 0 spiro atoms. The van der Waals surface area contributed by atoms with E-state index in [9.17, 15) is 4.79 Å². The van der Waals surface area contributed by atoms with Gasteiger partial charge >= 0.3 is 0 Å². The van der Waals surface area contributed by atoms with Gasteiger partial charge in [-0.1, -0.05) is 43.7 Å². The Bertz CT molecular complexity index is 838. The fraction of sp³-hybridized carbons (Fsp3) is 0.522. The van der Waals surface area contributed by atoms with Crippen LogP contribution in [0.4, 0.5) is 5.82 Å². The van der Waals surface area contributed by atoms with Gasteiger partial charge in [0.15, 0.2) is 0 Å². The Labute approximate surface area is 168 Å². The van der Waals surface area contributed by atoms with Gasteiger partial charge in [-0.15, -0.1) is 0 Å². The standard InChI is InChI=1S/C23H32N4O/c1-16(2)13-22-24-18(4)21(15-20-8-6-7-17(3)14-20)23(25-22)27-11-9-26(10-12-27)19(5)28/h6-8,14,16H,9-13,15H2,1-5H3. The van der Waals surface area contributed by atoms with Gasteiger partial charge in [0.25, 0.3) is 0 Å². The lowest BCUT2D eigenvalue weighted by Crippen LogP contribution is -2.48. The molecule has 150 valence electrons. The van der Waals surface area contributed by atoms with Crippen molar-refractivity contribution in [1.82, 2.24) is 14.9 Å². The highest BCUT2D eigenvalue weighted by molar-refractivity contribution is 5.73. The van der Waals surface area contributed by atoms with Gasteiger partial charge in [0.2, 0.25) is 5.91 Å². The Morgan fingerprint density at radius 1 is 1.11 bits per heavy atom. The summed E-state index contributed by atoms with van der Waals surface area (Å²) in [5, 5.41) is 0. The average molecular weight is 381 g/mol. The minimum absolute atomic E-state index is 0.152. The fourth-order valence-corrected chi connectivity index (χ4v) is 3.82. The highest BCUT2D eigenvalue weighted by Crippen LogP contribution is 2.26. The summed E-state index contributed by atoms with van der Waals surface area (Å²) in [6.45, 7) is 13.4. The van der Waals surface area contributed by atoms with E-state index in [2.05, 4.69) is 56.9 Å². The molecule has 0 unspecified atom stereocenters. The van der Waals surface area contributed by atoms with Crippen LogP contribution >= 0.6 is 0 Å². The number of piperazine rings is 1. The molecule has 5 heteroatoms. The van der Waals surface area contributed by atoms with Crippen molar-refractivity contribution < 1.29 is 4.79 Å². The van der Waals surface area contributed by atoms with Crippen molar-refractivity contribution >= 4 is 11.7 Å². The first-order chi connectivity index (χ1) is 13.3. The lowest BCUT2D eigenvalue weighted by atomic mass is 10.0. The Morgan fingerprint density at radius 2 is 1.82 bits per heavy atom. The van der Waals surface area contributed by atoms with Crippen LogP contribution in [0.3, 0.4) is 0 Å². The molecule has 1 aliphatic rings. The van der Waals surface area contributed by atoms with E-state index >= 15 is 0 Å². The molecule has 1 amide bonds. The number of anilines is 1. The summed E-state index contributed by atoms with van der Waals surface area (Å²) in [4.78, 5) is 25.8. The molecule has 0 atom stereocenters. The molecule has 2 heterocycles. The second-order valence-corrected chi connectivity index (χ2v) is 8.28. The summed E-state index contributed by atoms with van der Waals surface area (Å²) in [6.07, 6.45) is 1.71. The third kappa shape index (κ3) is 4.89. The number of benzene rings is 1. The second kappa shape index (κ2) is 8.72. The Kier molecular flexibility index (Phi) is 6.32. The molecule has 3 rings (SSSR count). The van der Waals surface area contributed by atoms with Crippen LogP contribution in [0.15, 0.2) is 24.3 Å². The highest BCUT2D eigenvalue weighted by Gasteiger charge is 2.24. The number of hydrogen-bond acceptors (Lipinski definition) is 4. The van der Waals surface area contributed by atoms with E-state index in [0.29, 0.717) is 5.92 Å². The van der Waals surface area contributed by atoms with E-state index in [4.69, 9.17) is 9.97 Å². The van der Waals surface area contributed by atoms with Crippen molar-refractivity contribution in [3.05, 3.63) is 52.5 Å². The topological polar surface area (TPSA) is 49.3 Å². The van der Waals surface area contributed by atoms with Crippen molar-refractivity contribution in [2.45, 2.75) is 47.5 Å². The number of amides is 1. The van der Waals surface area contributed by atoms with Crippen LogP contribution in [0.25, 0.3) is 0 Å². The van der Waals surface area contributed by atoms with Crippen molar-refractivity contribution in [1.29, 1.82) is 0 Å². The molecular formula is C23H32N4O. The first kappa shape index (κ1) is 20.3. The number of aryl methyl sites for hydroxylation is 2. The molecule has 1 fully saturated rings. The molecule has 0 bridgehead atoms. The highest BCUT2D eigenvalue weighted by atomic mass is 16.2. The quantitative estimate of drug-likeness (QED) is 0.796. The van der Waals surface area contributed by atoms with Crippen LogP contribution in [-0.2, 0) is 17.6 Å². The number of rotatable bonds is 5. The minimum atomic E-state index is 0.152. The Hall–Kier alpha value is -2.43.